The minimum Gasteiger partial charge on any atom is -0.358 e. The Morgan fingerprint density at radius 2 is 0.800 bits per heavy atom. The minimum atomic E-state index is 0. The molecule has 50 valence electrons. The Labute approximate surface area is 52.2 Å². The summed E-state index contributed by atoms with van der Waals surface area (Å²) in [7, 11) is 0. The third-order valence-electron chi connectivity index (χ3n) is 0.552. The van der Waals surface area contributed by atoms with Crippen molar-refractivity contribution in [1.82, 2.24) is 0 Å². The average molecular weight is 640 g/mol. The molecule has 0 bridgehead atoms. The molecule has 0 nitrogen and oxygen atoms in total. The second-order valence-corrected chi connectivity index (χ2v) is 1.00. The molecule has 0 amide bonds. The quantitative estimate of drug-likeness (QED) is 0.382. The van der Waals surface area contributed by atoms with Gasteiger partial charge in [0.15, 0.2) is 0 Å². The summed E-state index contributed by atoms with van der Waals surface area (Å²) >= 11 is 0. The maximum absolute atomic E-state index is 2.86. The van der Waals surface area contributed by atoms with Crippen LogP contribution in [0, 0.1) is 27.0 Å². The largest absolute Gasteiger partial charge is 0.358 e. The molecule has 2 heteroatoms. The Morgan fingerprint density at radius 1 is 0.600 bits per heavy atom. The topological polar surface area (TPSA) is 0 Å². The molecule has 0 fully saturated rings. The molecule has 0 unspecified atom stereocenters. The van der Waals surface area contributed by atoms with E-state index in [0.29, 0.717) is 0 Å². The molecule has 0 N–H and O–H groups in total. The fraction of sp³-hybridized carbons (Fsp3) is 0. The zero-order valence-corrected chi connectivity index (χ0v) is 19.5. The molecule has 1 rings (SSSR count). The second kappa shape index (κ2) is 16.3. The van der Waals surface area contributed by atoms with Crippen molar-refractivity contribution in [3.63, 3.8) is 0 Å². The Hall–Kier alpha value is -2.78. The smallest absolute Gasteiger partial charge is 0 e. The maximum atomic E-state index is 2.86. The van der Waals surface area contributed by atoms with E-state index in [2.05, 4.69) is 12.1 Å². The van der Waals surface area contributed by atoms with Crippen LogP contribution < -0.4 is 0 Å². The minimum absolute atomic E-state index is 0. The van der Waals surface area contributed by atoms with E-state index in [4.69, 9.17) is 0 Å². The van der Waals surface area contributed by atoms with Crippen LogP contribution in [0.4, 0.5) is 0 Å². The van der Waals surface area contributed by atoms with Crippen molar-refractivity contribution in [2.75, 3.05) is 0 Å². The van der Waals surface area contributed by atoms with Gasteiger partial charge in [-0.2, -0.15) is 0 Å². The van der Waals surface area contributed by atoms with Gasteiger partial charge in [0.2, 0.25) is 0 Å². The van der Waals surface area contributed by atoms with Gasteiger partial charge in [0.05, 0.1) is 0 Å². The van der Waals surface area contributed by atoms with Gasteiger partial charge >= 0.3 is 0 Å². The Kier molecular flexibility index (Phi) is 44.0. The van der Waals surface area contributed by atoms with E-state index in [1.807, 2.05) is 24.3 Å². The molecule has 0 spiro atoms. The molecular weight excluding hydrogens is 630 g/mol. The number of benzene rings is 1. The number of hydrogen-bond donors (Lipinski definition) is 0. The number of hydrogen-bond acceptors (Lipinski definition) is 0. The van der Waals surface area contributed by atoms with Gasteiger partial charge < -0.3 is 27.0 Å². The van der Waals surface area contributed by atoms with Crippen LogP contribution in [-0.2, 0) is 0 Å². The SMILES string of the molecule is [CH3-].[CH3-].[Rf].[Rf].[c-]1cc[c-]cc1. The van der Waals surface area contributed by atoms with Gasteiger partial charge in [-0.1, -0.05) is 0 Å². The molecule has 0 aliphatic heterocycles. The first-order valence-electron chi connectivity index (χ1n) is 1.82. The van der Waals surface area contributed by atoms with Crippen molar-refractivity contribution < 1.29 is 0 Å². The normalized spacial score (nSPS) is 4.80. The van der Waals surface area contributed by atoms with Crippen molar-refractivity contribution >= 4 is 0 Å². The van der Waals surface area contributed by atoms with Crippen molar-refractivity contribution in [2.24, 2.45) is 0 Å². The van der Waals surface area contributed by atoms with Gasteiger partial charge in [-0.15, -0.1) is 0 Å². The molecule has 0 aromatic heterocycles. The first-order valence-corrected chi connectivity index (χ1v) is 1.82. The first-order chi connectivity index (χ1) is 3.00. The molecular formula is C8H10Rf2-4. The molecule has 1 aromatic carbocycles. The summed E-state index contributed by atoms with van der Waals surface area (Å²) in [5, 5.41) is 0. The van der Waals surface area contributed by atoms with E-state index in [1.54, 1.807) is 0 Å². The third-order valence-corrected chi connectivity index (χ3v) is 0.552. The van der Waals surface area contributed by atoms with Gasteiger partial charge in [0.25, 0.3) is 0 Å². The van der Waals surface area contributed by atoms with Gasteiger partial charge in [-0.25, -0.2) is 0 Å². The molecule has 0 radical (unpaired) electrons. The van der Waals surface area contributed by atoms with E-state index >= 15 is 0 Å². The molecule has 0 saturated heterocycles. The van der Waals surface area contributed by atoms with Gasteiger partial charge in [0, 0.05) is 0 Å². The molecule has 10 heavy (non-hydrogen) atoms. The van der Waals surface area contributed by atoms with Crippen LogP contribution in [-0.4, -0.2) is 0 Å². The summed E-state index contributed by atoms with van der Waals surface area (Å²) in [4.78, 5) is 0. The first kappa shape index (κ1) is 26.9. The molecule has 0 heterocycles. The van der Waals surface area contributed by atoms with Crippen LogP contribution >= 0.6 is 0 Å². The van der Waals surface area contributed by atoms with E-state index in [9.17, 15) is 0 Å². The van der Waals surface area contributed by atoms with E-state index in [-0.39, 0.29) is 14.9 Å². The Morgan fingerprint density at radius 3 is 0.900 bits per heavy atom. The number of rotatable bonds is 0. The van der Waals surface area contributed by atoms with Crippen molar-refractivity contribution in [3.8, 4) is 0 Å². The Bertz CT molecular complexity index is 79.2. The van der Waals surface area contributed by atoms with Gasteiger partial charge in [-0.3, -0.25) is 24.3 Å². The maximum Gasteiger partial charge on any atom is 0 e. The van der Waals surface area contributed by atoms with Crippen LogP contribution in [0.1, 0.15) is 0 Å². The summed E-state index contributed by atoms with van der Waals surface area (Å²) < 4.78 is 0. The van der Waals surface area contributed by atoms with Crippen LogP contribution in [0.25, 0.3) is 0 Å². The summed E-state index contributed by atoms with van der Waals surface area (Å²) in [5.74, 6) is 0. The zero-order valence-electron chi connectivity index (χ0n) is 6.72. The van der Waals surface area contributed by atoms with E-state index in [1.165, 1.54) is 0 Å². The van der Waals surface area contributed by atoms with Crippen LogP contribution in [0.15, 0.2) is 24.3 Å². The monoisotopic (exact) mass is 640 g/mol. The summed E-state index contributed by atoms with van der Waals surface area (Å²) in [6.45, 7) is 0. The average Bonchev–Trinajstić information content (AvgIpc) is 1.72. The van der Waals surface area contributed by atoms with Crippen LogP contribution in [0.3, 0.4) is 0 Å². The molecule has 0 aliphatic rings. The molecule has 1 aromatic rings. The van der Waals surface area contributed by atoms with E-state index < -0.39 is 0 Å². The van der Waals surface area contributed by atoms with Crippen molar-refractivity contribution in [3.05, 3.63) is 51.3 Å². The summed E-state index contributed by atoms with van der Waals surface area (Å²) in [5.41, 5.74) is 0. The fourth-order valence-corrected chi connectivity index (χ4v) is 0.304. The second-order valence-electron chi connectivity index (χ2n) is 1.00. The predicted octanol–water partition coefficient (Wildman–Crippen LogP) is 2.19. The summed E-state index contributed by atoms with van der Waals surface area (Å²) in [6, 6.07) is 13.0. The third kappa shape index (κ3) is 8.97. The molecule has 0 aliphatic carbocycles. The fourth-order valence-electron chi connectivity index (χ4n) is 0.304. The van der Waals surface area contributed by atoms with Crippen LogP contribution in [0.2, 0.25) is 0 Å². The van der Waals surface area contributed by atoms with Gasteiger partial charge in [0.1, 0.15) is 0 Å². The molecule has 0 saturated carbocycles. The summed E-state index contributed by atoms with van der Waals surface area (Å²) in [6.07, 6.45) is 0. The standard InChI is InChI=1S/C6H4.2CH3.2Rf/c1-2-4-6-5-3-1;;;;/h1-2,5-6H;2*1H3;;/q-2;2*-1;;. The zero-order chi connectivity index (χ0) is 4.24. The predicted molar refractivity (Wildman–Crippen MR) is 36.9 cm³/mol. The van der Waals surface area contributed by atoms with Crippen LogP contribution in [0.5, 0.6) is 0 Å². The Balaban J connectivity index is -0.0000000450. The van der Waals surface area contributed by atoms with E-state index in [0.717, 1.165) is 0 Å². The van der Waals surface area contributed by atoms with Crippen molar-refractivity contribution in [2.45, 2.75) is 0 Å². The van der Waals surface area contributed by atoms with Crippen molar-refractivity contribution in [1.29, 1.82) is 0 Å². The van der Waals surface area contributed by atoms with Gasteiger partial charge in [-0.05, 0) is 0 Å². The molecule has 0 atom stereocenters.